The normalized spacial score (nSPS) is 12.6. The Labute approximate surface area is 253 Å². The zero-order chi connectivity index (χ0) is 31.2. The Kier molecular flexibility index (Phi) is 13.5. The zero-order valence-corrected chi connectivity index (χ0v) is 25.3. The number of hydrogen-bond acceptors (Lipinski definition) is 7. The summed E-state index contributed by atoms with van der Waals surface area (Å²) in [4.78, 5) is 37.7. The lowest BCUT2D eigenvalue weighted by molar-refractivity contribution is -0.175. The van der Waals surface area contributed by atoms with Crippen LogP contribution in [-0.2, 0) is 30.3 Å². The molecule has 1 amide bonds. The lowest BCUT2D eigenvalue weighted by atomic mass is 10.0. The summed E-state index contributed by atoms with van der Waals surface area (Å²) in [5.74, 6) is -3.31. The number of carboxylic acid groups (broad SMARTS) is 2. The van der Waals surface area contributed by atoms with Crippen molar-refractivity contribution in [2.45, 2.75) is 71.0 Å². The third kappa shape index (κ3) is 11.0. The van der Waals surface area contributed by atoms with Gasteiger partial charge in [0.1, 0.15) is 12.2 Å². The minimum atomic E-state index is -1.72. The van der Waals surface area contributed by atoms with Crippen LogP contribution in [0.5, 0.6) is 0 Å². The van der Waals surface area contributed by atoms with Crippen LogP contribution in [0.15, 0.2) is 53.1 Å². The minimum absolute atomic E-state index is 0.160. The molecule has 0 fully saturated rings. The first kappa shape index (κ1) is 33.6. The van der Waals surface area contributed by atoms with Gasteiger partial charge in [-0.25, -0.2) is 9.59 Å². The number of likely N-dealkylation sites (N-methyl/N-ethyl adjacent to an activating group) is 1. The summed E-state index contributed by atoms with van der Waals surface area (Å²) in [6.07, 6.45) is 4.24. The second-order valence-electron chi connectivity index (χ2n) is 10.9. The first-order valence-corrected chi connectivity index (χ1v) is 14.9. The summed E-state index contributed by atoms with van der Waals surface area (Å²) in [6, 6.07) is 14.3. The number of ether oxygens (including phenoxy) is 2. The lowest BCUT2D eigenvalue weighted by Gasteiger charge is -2.27. The van der Waals surface area contributed by atoms with Crippen molar-refractivity contribution in [2.24, 2.45) is 0 Å². The monoisotopic (exact) mass is 596 g/mol. The van der Waals surface area contributed by atoms with Gasteiger partial charge < -0.3 is 34.3 Å². The van der Waals surface area contributed by atoms with Gasteiger partial charge in [0.25, 0.3) is 5.91 Å². The molecule has 2 unspecified atom stereocenters. The van der Waals surface area contributed by atoms with Crippen molar-refractivity contribution < 1.29 is 38.5 Å². The molecule has 0 aliphatic rings. The molecule has 0 aliphatic carbocycles. The molecule has 3 rings (SSSR count). The predicted molar refractivity (Wildman–Crippen MR) is 164 cm³/mol. The highest BCUT2D eigenvalue weighted by atomic mass is 16.6. The number of carboxylic acids is 2. The molecular weight excluding hydrogens is 552 g/mol. The predicted octanol–water partition coefficient (Wildman–Crippen LogP) is 5.44. The summed E-state index contributed by atoms with van der Waals surface area (Å²) in [5, 5.41) is 23.2. The standard InChI is InChI=1S/C33H44N2O8/c1-23-11-12-25(20-24(23)2)10-6-4-9-18-42-30(31(33(39)40)43-22-29(36)37)32(38)35(3)17-8-5-7-16-34-27-13-14-28-26(21-27)15-19-41-28/h11-15,19-21,30-31,34H,4-10,16-18,22H2,1-3H3,(H,36,37)(H,39,40). The number of rotatable bonds is 20. The van der Waals surface area contributed by atoms with E-state index in [9.17, 15) is 19.5 Å². The molecule has 0 saturated heterocycles. The SMILES string of the molecule is Cc1ccc(CCCCCOC(C(=O)N(C)CCCCCNc2ccc3occc3c2)C(OCC(=O)O)C(=O)O)cc1C. The van der Waals surface area contributed by atoms with Gasteiger partial charge in [0.15, 0.2) is 12.2 Å². The smallest absolute Gasteiger partial charge is 0.336 e. The van der Waals surface area contributed by atoms with Crippen molar-refractivity contribution in [2.75, 3.05) is 38.7 Å². The van der Waals surface area contributed by atoms with E-state index < -0.39 is 36.7 Å². The molecule has 0 spiro atoms. The number of nitrogens with one attached hydrogen (secondary N) is 1. The molecule has 234 valence electrons. The van der Waals surface area contributed by atoms with Crippen molar-refractivity contribution in [3.8, 4) is 0 Å². The van der Waals surface area contributed by atoms with Crippen molar-refractivity contribution >= 4 is 34.5 Å². The van der Waals surface area contributed by atoms with Crippen LogP contribution >= 0.6 is 0 Å². The maximum Gasteiger partial charge on any atom is 0.336 e. The van der Waals surface area contributed by atoms with Crippen LogP contribution in [0.3, 0.4) is 0 Å². The van der Waals surface area contributed by atoms with E-state index in [-0.39, 0.29) is 6.61 Å². The maximum absolute atomic E-state index is 13.3. The number of unbranched alkanes of at least 4 members (excludes halogenated alkanes) is 4. The highest BCUT2D eigenvalue weighted by molar-refractivity contribution is 5.88. The average Bonchev–Trinajstić information content (AvgIpc) is 3.44. The number of aliphatic carboxylic acids is 2. The molecule has 2 aromatic carbocycles. The first-order chi connectivity index (χ1) is 20.7. The molecule has 10 heteroatoms. The van der Waals surface area contributed by atoms with Gasteiger partial charge in [-0.05, 0) is 93.3 Å². The van der Waals surface area contributed by atoms with E-state index in [1.165, 1.54) is 21.6 Å². The number of nitrogens with zero attached hydrogens (tertiary/aromatic N) is 1. The first-order valence-electron chi connectivity index (χ1n) is 14.9. The number of fused-ring (bicyclic) bond motifs is 1. The Morgan fingerprint density at radius 3 is 2.42 bits per heavy atom. The average molecular weight is 597 g/mol. The van der Waals surface area contributed by atoms with Crippen LogP contribution in [0.25, 0.3) is 11.0 Å². The van der Waals surface area contributed by atoms with E-state index in [2.05, 4.69) is 37.4 Å². The quantitative estimate of drug-likeness (QED) is 0.146. The van der Waals surface area contributed by atoms with Crippen LogP contribution in [0.2, 0.25) is 0 Å². The van der Waals surface area contributed by atoms with Crippen molar-refractivity contribution in [1.29, 1.82) is 0 Å². The number of anilines is 1. The maximum atomic E-state index is 13.3. The van der Waals surface area contributed by atoms with Gasteiger partial charge in [-0.3, -0.25) is 4.79 Å². The summed E-state index contributed by atoms with van der Waals surface area (Å²) in [6.45, 7) is 4.66. The van der Waals surface area contributed by atoms with Crippen molar-refractivity contribution in [3.63, 3.8) is 0 Å². The van der Waals surface area contributed by atoms with E-state index in [0.29, 0.717) is 19.4 Å². The molecule has 43 heavy (non-hydrogen) atoms. The number of furan rings is 1. The molecule has 0 bridgehead atoms. The van der Waals surface area contributed by atoms with E-state index >= 15 is 0 Å². The number of aryl methyl sites for hydroxylation is 3. The fourth-order valence-electron chi connectivity index (χ4n) is 4.80. The molecule has 1 heterocycles. The Bertz CT molecular complexity index is 1340. The van der Waals surface area contributed by atoms with Gasteiger partial charge in [0.2, 0.25) is 0 Å². The number of amides is 1. The Morgan fingerprint density at radius 2 is 1.67 bits per heavy atom. The third-order valence-electron chi connectivity index (χ3n) is 7.45. The van der Waals surface area contributed by atoms with Gasteiger partial charge in [-0.1, -0.05) is 24.6 Å². The Morgan fingerprint density at radius 1 is 0.884 bits per heavy atom. The minimum Gasteiger partial charge on any atom is -0.480 e. The van der Waals surface area contributed by atoms with Crippen LogP contribution in [0, 0.1) is 13.8 Å². The van der Waals surface area contributed by atoms with Crippen LogP contribution in [0.1, 0.15) is 55.2 Å². The molecule has 10 nitrogen and oxygen atoms in total. The summed E-state index contributed by atoms with van der Waals surface area (Å²) in [7, 11) is 1.59. The van der Waals surface area contributed by atoms with Gasteiger partial charge >= 0.3 is 11.9 Å². The summed E-state index contributed by atoms with van der Waals surface area (Å²) in [5.41, 5.74) is 5.62. The molecule has 2 atom stereocenters. The number of carbonyl (C=O) groups excluding carboxylic acids is 1. The number of carbonyl (C=O) groups is 3. The van der Waals surface area contributed by atoms with Gasteiger partial charge in [0.05, 0.1) is 6.26 Å². The van der Waals surface area contributed by atoms with Gasteiger partial charge in [0, 0.05) is 37.8 Å². The van der Waals surface area contributed by atoms with Crippen LogP contribution in [0.4, 0.5) is 5.69 Å². The second kappa shape index (κ2) is 17.3. The summed E-state index contributed by atoms with van der Waals surface area (Å²) >= 11 is 0. The number of benzene rings is 2. The molecule has 3 aromatic rings. The van der Waals surface area contributed by atoms with E-state index in [1.54, 1.807) is 13.3 Å². The third-order valence-corrected chi connectivity index (χ3v) is 7.45. The van der Waals surface area contributed by atoms with E-state index in [1.807, 2.05) is 24.3 Å². The molecule has 3 N–H and O–H groups in total. The zero-order valence-electron chi connectivity index (χ0n) is 25.3. The van der Waals surface area contributed by atoms with Crippen molar-refractivity contribution in [3.05, 3.63) is 65.4 Å². The molecule has 0 saturated carbocycles. The molecule has 1 aromatic heterocycles. The largest absolute Gasteiger partial charge is 0.480 e. The van der Waals surface area contributed by atoms with Crippen LogP contribution in [-0.4, -0.2) is 78.5 Å². The van der Waals surface area contributed by atoms with E-state index in [0.717, 1.165) is 55.3 Å². The Balaban J connectivity index is 1.44. The van der Waals surface area contributed by atoms with Crippen LogP contribution < -0.4 is 5.32 Å². The van der Waals surface area contributed by atoms with Gasteiger partial charge in [-0.15, -0.1) is 0 Å². The topological polar surface area (TPSA) is 139 Å². The van der Waals surface area contributed by atoms with Crippen molar-refractivity contribution in [1.82, 2.24) is 4.90 Å². The van der Waals surface area contributed by atoms with E-state index in [4.69, 9.17) is 19.0 Å². The van der Waals surface area contributed by atoms with Gasteiger partial charge in [-0.2, -0.15) is 0 Å². The lowest BCUT2D eigenvalue weighted by Crippen LogP contribution is -2.50. The second-order valence-corrected chi connectivity index (χ2v) is 10.9. The summed E-state index contributed by atoms with van der Waals surface area (Å²) < 4.78 is 16.2. The molecule has 0 radical (unpaired) electrons. The highest BCUT2D eigenvalue weighted by Crippen LogP contribution is 2.20. The fraction of sp³-hybridized carbons (Fsp3) is 0.485. The molecule has 0 aliphatic heterocycles. The Hall–Kier alpha value is -3.89. The highest BCUT2D eigenvalue weighted by Gasteiger charge is 2.37. The number of hydrogen-bond donors (Lipinski definition) is 3. The molecular formula is C33H44N2O8. The fourth-order valence-corrected chi connectivity index (χ4v) is 4.80.